The molecule has 2 aromatic carbocycles. The number of allylic oxidation sites excluding steroid dienone is 1. The van der Waals surface area contributed by atoms with Crippen molar-refractivity contribution in [2.45, 2.75) is 26.7 Å². The van der Waals surface area contributed by atoms with Crippen molar-refractivity contribution in [3.05, 3.63) is 70.8 Å². The highest BCUT2D eigenvalue weighted by Gasteiger charge is 2.20. The van der Waals surface area contributed by atoms with E-state index < -0.39 is 0 Å². The molecule has 3 heteroatoms. The number of carbonyl (C=O) groups is 1. The zero-order valence-corrected chi connectivity index (χ0v) is 15.7. The highest BCUT2D eigenvalue weighted by Crippen LogP contribution is 2.26. The number of Topliss-reactive ketones (excluding diaryl/α,β-unsaturated/α-hetero) is 1. The van der Waals surface area contributed by atoms with Gasteiger partial charge < -0.3 is 9.64 Å². The number of likely N-dealkylation sites (N-methyl/N-ethyl adjacent to an activating group) is 1. The third-order valence-electron chi connectivity index (χ3n) is 5.01. The van der Waals surface area contributed by atoms with Crippen molar-refractivity contribution in [1.29, 1.82) is 0 Å². The Morgan fingerprint density at radius 3 is 2.46 bits per heavy atom. The molecule has 0 aromatic heterocycles. The summed E-state index contributed by atoms with van der Waals surface area (Å²) in [7, 11) is 0. The fourth-order valence-corrected chi connectivity index (χ4v) is 3.35. The maximum Gasteiger partial charge on any atom is 0.189 e. The van der Waals surface area contributed by atoms with E-state index in [9.17, 15) is 4.79 Å². The van der Waals surface area contributed by atoms with Gasteiger partial charge in [-0.2, -0.15) is 0 Å². The predicted octanol–water partition coefficient (Wildman–Crippen LogP) is 4.62. The van der Waals surface area contributed by atoms with Crippen molar-refractivity contribution >= 4 is 11.9 Å². The third-order valence-corrected chi connectivity index (χ3v) is 5.01. The second kappa shape index (κ2) is 8.81. The van der Waals surface area contributed by atoms with Gasteiger partial charge in [0.1, 0.15) is 12.4 Å². The molecule has 0 bridgehead atoms. The minimum atomic E-state index is 0.159. The van der Waals surface area contributed by atoms with Gasteiger partial charge in [0.15, 0.2) is 5.78 Å². The molecule has 0 unspecified atom stereocenters. The molecule has 3 nitrogen and oxygen atoms in total. The summed E-state index contributed by atoms with van der Waals surface area (Å²) in [5, 5.41) is 0. The number of nitrogens with zero attached hydrogens (tertiary/aromatic N) is 1. The van der Waals surface area contributed by atoms with Crippen LogP contribution in [0.5, 0.6) is 5.75 Å². The third kappa shape index (κ3) is 4.41. The van der Waals surface area contributed by atoms with Gasteiger partial charge in [-0.1, -0.05) is 50.2 Å². The maximum atomic E-state index is 12.7. The van der Waals surface area contributed by atoms with Crippen molar-refractivity contribution in [3.8, 4) is 5.75 Å². The van der Waals surface area contributed by atoms with E-state index in [4.69, 9.17) is 4.74 Å². The molecule has 0 saturated carbocycles. The fraction of sp³-hybridized carbons (Fsp3) is 0.348. The Bertz CT molecular complexity index is 773. The molecule has 3 rings (SSSR count). The van der Waals surface area contributed by atoms with E-state index in [1.165, 1.54) is 0 Å². The second-order valence-electron chi connectivity index (χ2n) is 6.60. The van der Waals surface area contributed by atoms with Crippen molar-refractivity contribution in [2.75, 3.05) is 26.2 Å². The number of carbonyl (C=O) groups excluding carboxylic acids is 1. The number of fused-ring (bicyclic) bond motifs is 1. The number of ketones is 1. The molecule has 2 aromatic rings. The zero-order valence-electron chi connectivity index (χ0n) is 15.7. The molecule has 0 radical (unpaired) electrons. The Kier molecular flexibility index (Phi) is 6.24. The highest BCUT2D eigenvalue weighted by molar-refractivity contribution is 6.13. The molecule has 1 aliphatic rings. The first-order chi connectivity index (χ1) is 12.7. The number of hydrogen-bond donors (Lipinski definition) is 0. The van der Waals surface area contributed by atoms with Crippen LogP contribution in [0.2, 0.25) is 0 Å². The standard InChI is InChI=1S/C23H27NO2/c1-3-24(4-2)15-16-26-21-13-9-18(10-14-21)17-20-12-11-19-7-5-6-8-22(19)23(20)25/h5-10,13-14,17H,3-4,11-12,15-16H2,1-2H3/b20-17-. The van der Waals surface area contributed by atoms with Gasteiger partial charge in [0, 0.05) is 17.7 Å². The van der Waals surface area contributed by atoms with E-state index in [1.54, 1.807) is 0 Å². The lowest BCUT2D eigenvalue weighted by Crippen LogP contribution is -2.27. The molecule has 0 N–H and O–H groups in total. The number of aryl methyl sites for hydroxylation is 1. The summed E-state index contributed by atoms with van der Waals surface area (Å²) < 4.78 is 5.82. The quantitative estimate of drug-likeness (QED) is 0.683. The molecule has 0 fully saturated rings. The first-order valence-corrected chi connectivity index (χ1v) is 9.49. The van der Waals surface area contributed by atoms with Gasteiger partial charge >= 0.3 is 0 Å². The minimum absolute atomic E-state index is 0.159. The van der Waals surface area contributed by atoms with E-state index in [1.807, 2.05) is 54.6 Å². The summed E-state index contributed by atoms with van der Waals surface area (Å²) in [6.07, 6.45) is 3.75. The van der Waals surface area contributed by atoms with Gasteiger partial charge in [-0.3, -0.25) is 4.79 Å². The molecular formula is C23H27NO2. The zero-order chi connectivity index (χ0) is 18.4. The molecule has 0 aliphatic heterocycles. The number of benzene rings is 2. The molecule has 0 amide bonds. The van der Waals surface area contributed by atoms with Crippen molar-refractivity contribution in [2.24, 2.45) is 0 Å². The highest BCUT2D eigenvalue weighted by atomic mass is 16.5. The predicted molar refractivity (Wildman–Crippen MR) is 107 cm³/mol. The van der Waals surface area contributed by atoms with Gasteiger partial charge in [0.2, 0.25) is 0 Å². The van der Waals surface area contributed by atoms with Gasteiger partial charge in [-0.05, 0) is 55.3 Å². The number of hydrogen-bond acceptors (Lipinski definition) is 3. The molecule has 26 heavy (non-hydrogen) atoms. The summed E-state index contributed by atoms with van der Waals surface area (Å²) in [5.41, 5.74) is 3.94. The molecular weight excluding hydrogens is 322 g/mol. The summed E-state index contributed by atoms with van der Waals surface area (Å²) in [6, 6.07) is 15.9. The monoisotopic (exact) mass is 349 g/mol. The molecule has 0 heterocycles. The van der Waals surface area contributed by atoms with Crippen LogP contribution in [0.15, 0.2) is 54.1 Å². The minimum Gasteiger partial charge on any atom is -0.492 e. The van der Waals surface area contributed by atoms with Crippen LogP contribution < -0.4 is 4.74 Å². The molecule has 136 valence electrons. The average molecular weight is 349 g/mol. The molecule has 0 spiro atoms. The van der Waals surface area contributed by atoms with Crippen LogP contribution in [0.3, 0.4) is 0 Å². The van der Waals surface area contributed by atoms with Crippen LogP contribution in [-0.2, 0) is 6.42 Å². The van der Waals surface area contributed by atoms with Crippen LogP contribution in [0, 0.1) is 0 Å². The summed E-state index contributed by atoms with van der Waals surface area (Å²) >= 11 is 0. The lowest BCUT2D eigenvalue weighted by atomic mass is 9.86. The second-order valence-corrected chi connectivity index (χ2v) is 6.60. The van der Waals surface area contributed by atoms with Crippen molar-refractivity contribution in [3.63, 3.8) is 0 Å². The van der Waals surface area contributed by atoms with E-state index in [0.29, 0.717) is 6.61 Å². The Balaban J connectivity index is 1.62. The normalized spacial score (nSPS) is 15.3. The van der Waals surface area contributed by atoms with Crippen LogP contribution in [0.4, 0.5) is 0 Å². The Labute approximate surface area is 156 Å². The average Bonchev–Trinajstić information content (AvgIpc) is 2.69. The lowest BCUT2D eigenvalue weighted by Gasteiger charge is -2.18. The van der Waals surface area contributed by atoms with Gasteiger partial charge in [0.05, 0.1) is 0 Å². The summed E-state index contributed by atoms with van der Waals surface area (Å²) in [5.74, 6) is 1.03. The van der Waals surface area contributed by atoms with Crippen molar-refractivity contribution < 1.29 is 9.53 Å². The first-order valence-electron chi connectivity index (χ1n) is 9.49. The first kappa shape index (κ1) is 18.4. The Morgan fingerprint density at radius 1 is 1.00 bits per heavy atom. The SMILES string of the molecule is CCN(CC)CCOc1ccc(/C=C2/CCc3ccccc3C2=O)cc1. The van der Waals surface area contributed by atoms with Gasteiger partial charge in [-0.25, -0.2) is 0 Å². The molecule has 0 atom stereocenters. The van der Waals surface area contributed by atoms with E-state index in [0.717, 1.165) is 60.5 Å². The van der Waals surface area contributed by atoms with Crippen LogP contribution >= 0.6 is 0 Å². The van der Waals surface area contributed by atoms with E-state index >= 15 is 0 Å². The Hall–Kier alpha value is -2.39. The Morgan fingerprint density at radius 2 is 1.73 bits per heavy atom. The van der Waals surface area contributed by atoms with Crippen LogP contribution in [0.1, 0.15) is 41.8 Å². The topological polar surface area (TPSA) is 29.5 Å². The fourth-order valence-electron chi connectivity index (χ4n) is 3.35. The summed E-state index contributed by atoms with van der Waals surface area (Å²) in [4.78, 5) is 15.0. The van der Waals surface area contributed by atoms with Crippen LogP contribution in [-0.4, -0.2) is 36.9 Å². The molecule has 1 aliphatic carbocycles. The smallest absolute Gasteiger partial charge is 0.189 e. The van der Waals surface area contributed by atoms with Gasteiger partial charge in [0.25, 0.3) is 0 Å². The van der Waals surface area contributed by atoms with Crippen LogP contribution in [0.25, 0.3) is 6.08 Å². The lowest BCUT2D eigenvalue weighted by molar-refractivity contribution is 0.102. The summed E-state index contributed by atoms with van der Waals surface area (Å²) in [6.45, 7) is 8.05. The largest absolute Gasteiger partial charge is 0.492 e. The van der Waals surface area contributed by atoms with Crippen molar-refractivity contribution in [1.82, 2.24) is 4.90 Å². The number of rotatable bonds is 7. The molecule has 0 saturated heterocycles. The van der Waals surface area contributed by atoms with E-state index in [-0.39, 0.29) is 5.78 Å². The number of ether oxygens (including phenoxy) is 1. The van der Waals surface area contributed by atoms with Gasteiger partial charge in [-0.15, -0.1) is 0 Å². The maximum absolute atomic E-state index is 12.7. The van der Waals surface area contributed by atoms with E-state index in [2.05, 4.69) is 18.7 Å².